The van der Waals surface area contributed by atoms with Crippen LogP contribution in [0.3, 0.4) is 0 Å². The molecule has 1 aromatic heterocycles. The molecule has 1 fully saturated rings. The van der Waals surface area contributed by atoms with Gasteiger partial charge in [-0.25, -0.2) is 9.78 Å². The van der Waals surface area contributed by atoms with Crippen molar-refractivity contribution >= 4 is 6.09 Å². The molecular formula is C16H24N2O4. The Balaban J connectivity index is 1.83. The summed E-state index contributed by atoms with van der Waals surface area (Å²) in [5.74, 6) is 0.516. The van der Waals surface area contributed by atoms with Crippen molar-refractivity contribution in [1.82, 2.24) is 9.88 Å². The molecule has 1 aliphatic heterocycles. The Labute approximate surface area is 131 Å². The summed E-state index contributed by atoms with van der Waals surface area (Å²) in [5.41, 5.74) is 0.301. The smallest absolute Gasteiger partial charge is 0.410 e. The van der Waals surface area contributed by atoms with Gasteiger partial charge < -0.3 is 19.5 Å². The van der Waals surface area contributed by atoms with E-state index in [2.05, 4.69) is 4.98 Å². The molecule has 0 radical (unpaired) electrons. The van der Waals surface area contributed by atoms with Crippen LogP contribution in [0.5, 0.6) is 5.88 Å². The minimum Gasteiger partial charge on any atom is -0.474 e. The lowest BCUT2D eigenvalue weighted by Crippen LogP contribution is -2.44. The number of pyridine rings is 1. The van der Waals surface area contributed by atoms with Crippen LogP contribution in [0.25, 0.3) is 0 Å². The van der Waals surface area contributed by atoms with Crippen molar-refractivity contribution in [3.05, 3.63) is 23.9 Å². The van der Waals surface area contributed by atoms with Crippen LogP contribution in [0.2, 0.25) is 0 Å². The number of carbonyl (C=O) groups excluding carboxylic acids is 1. The van der Waals surface area contributed by atoms with Crippen LogP contribution in [0.1, 0.15) is 39.2 Å². The quantitative estimate of drug-likeness (QED) is 0.928. The van der Waals surface area contributed by atoms with Crippen LogP contribution < -0.4 is 4.74 Å². The molecule has 0 aliphatic carbocycles. The number of ether oxygens (including phenoxy) is 2. The van der Waals surface area contributed by atoms with E-state index in [1.807, 2.05) is 20.8 Å². The molecule has 6 heteroatoms. The zero-order valence-electron chi connectivity index (χ0n) is 13.4. The van der Waals surface area contributed by atoms with Gasteiger partial charge in [0.1, 0.15) is 11.7 Å². The molecule has 1 amide bonds. The Bertz CT molecular complexity index is 505. The van der Waals surface area contributed by atoms with Crippen LogP contribution in [0.15, 0.2) is 18.3 Å². The Morgan fingerprint density at radius 3 is 2.68 bits per heavy atom. The lowest BCUT2D eigenvalue weighted by atomic mass is 10.1. The Hall–Kier alpha value is -1.82. The highest BCUT2D eigenvalue weighted by Crippen LogP contribution is 2.20. The molecule has 6 nitrogen and oxygen atoms in total. The summed E-state index contributed by atoms with van der Waals surface area (Å²) in [6.07, 6.45) is 2.86. The van der Waals surface area contributed by atoms with Crippen molar-refractivity contribution in [2.45, 2.75) is 51.9 Å². The first-order chi connectivity index (χ1) is 10.4. The van der Waals surface area contributed by atoms with Gasteiger partial charge in [-0.15, -0.1) is 0 Å². The van der Waals surface area contributed by atoms with E-state index in [1.54, 1.807) is 23.2 Å². The molecule has 2 rings (SSSR count). The number of nitrogens with zero attached hydrogens (tertiary/aromatic N) is 2. The van der Waals surface area contributed by atoms with Gasteiger partial charge in [0.15, 0.2) is 0 Å². The first-order valence-corrected chi connectivity index (χ1v) is 7.58. The van der Waals surface area contributed by atoms with Crippen LogP contribution >= 0.6 is 0 Å². The third-order valence-electron chi connectivity index (χ3n) is 3.36. The Morgan fingerprint density at radius 2 is 2.09 bits per heavy atom. The van der Waals surface area contributed by atoms with Crippen LogP contribution in [-0.2, 0) is 11.3 Å². The SMILES string of the molecule is CC(C)(C)OC(=O)N1CCC(Oc2cc(CO)ccn2)CC1. The molecule has 1 saturated heterocycles. The number of aliphatic hydroxyl groups excluding tert-OH is 1. The summed E-state index contributed by atoms with van der Waals surface area (Å²) < 4.78 is 11.2. The fraction of sp³-hybridized carbons (Fsp3) is 0.625. The predicted octanol–water partition coefficient (Wildman–Crippen LogP) is 2.35. The van der Waals surface area contributed by atoms with E-state index in [1.165, 1.54) is 0 Å². The Kier molecular flexibility index (Phi) is 5.24. The second-order valence-corrected chi connectivity index (χ2v) is 6.45. The van der Waals surface area contributed by atoms with E-state index < -0.39 is 5.60 Å². The number of aromatic nitrogens is 1. The summed E-state index contributed by atoms with van der Waals surface area (Å²) in [7, 11) is 0. The highest BCUT2D eigenvalue weighted by atomic mass is 16.6. The molecule has 2 heterocycles. The number of carbonyl (C=O) groups is 1. The van der Waals surface area contributed by atoms with Crippen molar-refractivity contribution in [3.63, 3.8) is 0 Å². The van der Waals surface area contributed by atoms with Crippen LogP contribution in [0.4, 0.5) is 4.79 Å². The minimum atomic E-state index is -0.473. The average Bonchev–Trinajstić information content (AvgIpc) is 2.46. The van der Waals surface area contributed by atoms with Gasteiger partial charge in [0.25, 0.3) is 0 Å². The zero-order valence-corrected chi connectivity index (χ0v) is 13.4. The molecule has 0 aromatic carbocycles. The van der Waals surface area contributed by atoms with Gasteiger partial charge in [0.2, 0.25) is 5.88 Å². The number of rotatable bonds is 3. The lowest BCUT2D eigenvalue weighted by Gasteiger charge is -2.33. The largest absolute Gasteiger partial charge is 0.474 e. The molecule has 0 unspecified atom stereocenters. The third-order valence-corrected chi connectivity index (χ3v) is 3.36. The van der Waals surface area contributed by atoms with Gasteiger partial charge in [0.05, 0.1) is 6.61 Å². The fourth-order valence-electron chi connectivity index (χ4n) is 2.27. The summed E-state index contributed by atoms with van der Waals surface area (Å²) in [5, 5.41) is 9.12. The number of likely N-dealkylation sites (tertiary alicyclic amines) is 1. The molecule has 22 heavy (non-hydrogen) atoms. The maximum atomic E-state index is 12.0. The van der Waals surface area contributed by atoms with Crippen molar-refractivity contribution in [1.29, 1.82) is 0 Å². The van der Waals surface area contributed by atoms with E-state index >= 15 is 0 Å². The van der Waals surface area contributed by atoms with Gasteiger partial charge in [-0.05, 0) is 32.4 Å². The fourth-order valence-corrected chi connectivity index (χ4v) is 2.27. The number of hydrogen-bond donors (Lipinski definition) is 1. The molecule has 1 aliphatic rings. The van der Waals surface area contributed by atoms with E-state index in [9.17, 15) is 4.79 Å². The molecule has 1 aromatic rings. The summed E-state index contributed by atoms with van der Waals surface area (Å²) in [4.78, 5) is 17.8. The molecule has 122 valence electrons. The van der Waals surface area contributed by atoms with Crippen molar-refractivity contribution in [3.8, 4) is 5.88 Å². The maximum absolute atomic E-state index is 12.0. The molecular weight excluding hydrogens is 284 g/mol. The van der Waals surface area contributed by atoms with E-state index in [0.717, 1.165) is 18.4 Å². The normalized spacial score (nSPS) is 16.5. The van der Waals surface area contributed by atoms with Crippen molar-refractivity contribution in [2.24, 2.45) is 0 Å². The second kappa shape index (κ2) is 6.96. The Morgan fingerprint density at radius 1 is 1.41 bits per heavy atom. The van der Waals surface area contributed by atoms with Gasteiger partial charge in [0, 0.05) is 38.2 Å². The molecule has 0 saturated carbocycles. The highest BCUT2D eigenvalue weighted by molar-refractivity contribution is 5.68. The second-order valence-electron chi connectivity index (χ2n) is 6.45. The molecule has 0 atom stereocenters. The number of aliphatic hydroxyl groups is 1. The first kappa shape index (κ1) is 16.5. The third kappa shape index (κ3) is 4.87. The molecule has 0 bridgehead atoms. The van der Waals surface area contributed by atoms with Crippen LogP contribution in [0, 0.1) is 0 Å². The van der Waals surface area contributed by atoms with Gasteiger partial charge in [-0.1, -0.05) is 0 Å². The number of piperidine rings is 1. The highest BCUT2D eigenvalue weighted by Gasteiger charge is 2.27. The van der Waals surface area contributed by atoms with Crippen molar-refractivity contribution in [2.75, 3.05) is 13.1 Å². The van der Waals surface area contributed by atoms with Gasteiger partial charge in [-0.2, -0.15) is 0 Å². The van der Waals surface area contributed by atoms with E-state index in [4.69, 9.17) is 14.6 Å². The first-order valence-electron chi connectivity index (χ1n) is 7.58. The van der Waals surface area contributed by atoms with E-state index in [-0.39, 0.29) is 18.8 Å². The summed E-state index contributed by atoms with van der Waals surface area (Å²) in [6.45, 7) is 6.77. The monoisotopic (exact) mass is 308 g/mol. The molecule has 0 spiro atoms. The minimum absolute atomic E-state index is 0.0279. The van der Waals surface area contributed by atoms with Crippen molar-refractivity contribution < 1.29 is 19.4 Å². The van der Waals surface area contributed by atoms with Gasteiger partial charge >= 0.3 is 6.09 Å². The zero-order chi connectivity index (χ0) is 16.2. The standard InChI is InChI=1S/C16H24N2O4/c1-16(2,3)22-15(20)18-8-5-13(6-9-18)21-14-10-12(11-19)4-7-17-14/h4,7,10,13,19H,5-6,8-9,11H2,1-3H3. The topological polar surface area (TPSA) is 71.9 Å². The number of amides is 1. The van der Waals surface area contributed by atoms with Crippen LogP contribution in [-0.4, -0.2) is 45.9 Å². The predicted molar refractivity (Wildman–Crippen MR) is 81.6 cm³/mol. The molecule has 1 N–H and O–H groups in total. The van der Waals surface area contributed by atoms with E-state index in [0.29, 0.717) is 19.0 Å². The lowest BCUT2D eigenvalue weighted by molar-refractivity contribution is 0.0123. The maximum Gasteiger partial charge on any atom is 0.410 e. The van der Waals surface area contributed by atoms with Gasteiger partial charge in [-0.3, -0.25) is 0 Å². The average molecular weight is 308 g/mol. The summed E-state index contributed by atoms with van der Waals surface area (Å²) >= 11 is 0. The number of hydrogen-bond acceptors (Lipinski definition) is 5. The summed E-state index contributed by atoms with van der Waals surface area (Å²) in [6, 6.07) is 3.48.